The standard InChI is InChI=1S/C11H22N2O2/c1-8(2)10(7-14)13-11(15)9-4-3-5-12-6-9/h8-10,12,14H,3-7H2,1-2H3,(H,13,15)/t9-,10-/m1/s1. The number of piperidine rings is 1. The van der Waals surface area contributed by atoms with E-state index in [1.54, 1.807) is 0 Å². The van der Waals surface area contributed by atoms with Gasteiger partial charge in [-0.1, -0.05) is 13.8 Å². The Morgan fingerprint density at radius 2 is 2.33 bits per heavy atom. The number of amides is 1. The van der Waals surface area contributed by atoms with E-state index in [4.69, 9.17) is 5.11 Å². The van der Waals surface area contributed by atoms with E-state index in [0.29, 0.717) is 0 Å². The van der Waals surface area contributed by atoms with Gasteiger partial charge in [0.1, 0.15) is 0 Å². The number of aliphatic hydroxyl groups excluding tert-OH is 1. The van der Waals surface area contributed by atoms with Gasteiger partial charge >= 0.3 is 0 Å². The molecule has 15 heavy (non-hydrogen) atoms. The third kappa shape index (κ3) is 3.80. The highest BCUT2D eigenvalue weighted by molar-refractivity contribution is 5.79. The van der Waals surface area contributed by atoms with Crippen LogP contribution in [-0.2, 0) is 4.79 Å². The molecule has 0 saturated carbocycles. The summed E-state index contributed by atoms with van der Waals surface area (Å²) in [6.07, 6.45) is 2.01. The number of carbonyl (C=O) groups excluding carboxylic acids is 1. The summed E-state index contributed by atoms with van der Waals surface area (Å²) in [5.41, 5.74) is 0. The smallest absolute Gasteiger partial charge is 0.224 e. The molecule has 1 saturated heterocycles. The first-order chi connectivity index (χ1) is 7.15. The molecular weight excluding hydrogens is 192 g/mol. The highest BCUT2D eigenvalue weighted by Gasteiger charge is 2.23. The van der Waals surface area contributed by atoms with Crippen LogP contribution in [0.1, 0.15) is 26.7 Å². The molecule has 1 amide bonds. The Morgan fingerprint density at radius 3 is 2.80 bits per heavy atom. The second kappa shape index (κ2) is 6.08. The molecule has 4 nitrogen and oxygen atoms in total. The van der Waals surface area contributed by atoms with Crippen molar-refractivity contribution in [2.75, 3.05) is 19.7 Å². The molecule has 3 N–H and O–H groups in total. The predicted octanol–water partition coefficient (Wildman–Crippen LogP) is 0.119. The fraction of sp³-hybridized carbons (Fsp3) is 0.909. The van der Waals surface area contributed by atoms with E-state index >= 15 is 0 Å². The average molecular weight is 214 g/mol. The Bertz CT molecular complexity index is 201. The molecule has 88 valence electrons. The molecular formula is C11H22N2O2. The van der Waals surface area contributed by atoms with Crippen molar-refractivity contribution in [3.63, 3.8) is 0 Å². The van der Waals surface area contributed by atoms with Crippen molar-refractivity contribution in [1.82, 2.24) is 10.6 Å². The summed E-state index contributed by atoms with van der Waals surface area (Å²) >= 11 is 0. The van der Waals surface area contributed by atoms with E-state index in [1.807, 2.05) is 13.8 Å². The minimum absolute atomic E-state index is 0.0174. The summed E-state index contributed by atoms with van der Waals surface area (Å²) in [5.74, 6) is 0.428. The maximum Gasteiger partial charge on any atom is 0.224 e. The van der Waals surface area contributed by atoms with Gasteiger partial charge in [-0.25, -0.2) is 0 Å². The number of hydrogen-bond acceptors (Lipinski definition) is 3. The van der Waals surface area contributed by atoms with Crippen LogP contribution < -0.4 is 10.6 Å². The molecule has 0 spiro atoms. The van der Waals surface area contributed by atoms with E-state index < -0.39 is 0 Å². The first-order valence-electron chi connectivity index (χ1n) is 5.77. The van der Waals surface area contributed by atoms with Crippen LogP contribution in [0.25, 0.3) is 0 Å². The van der Waals surface area contributed by atoms with E-state index in [-0.39, 0.29) is 30.4 Å². The van der Waals surface area contributed by atoms with Crippen molar-refractivity contribution in [3.05, 3.63) is 0 Å². The zero-order valence-corrected chi connectivity index (χ0v) is 9.62. The summed E-state index contributed by atoms with van der Waals surface area (Å²) in [6, 6.07) is -0.112. The quantitative estimate of drug-likeness (QED) is 0.623. The monoisotopic (exact) mass is 214 g/mol. The molecule has 2 atom stereocenters. The molecule has 0 aromatic heterocycles. The maximum atomic E-state index is 11.8. The summed E-state index contributed by atoms with van der Waals surface area (Å²) in [4.78, 5) is 11.8. The Morgan fingerprint density at radius 1 is 1.60 bits per heavy atom. The number of rotatable bonds is 4. The van der Waals surface area contributed by atoms with Gasteiger partial charge in [0.15, 0.2) is 0 Å². The third-order valence-electron chi connectivity index (χ3n) is 3.00. The van der Waals surface area contributed by atoms with E-state index in [2.05, 4.69) is 10.6 Å². The van der Waals surface area contributed by atoms with Gasteiger partial charge in [0.05, 0.1) is 18.6 Å². The molecule has 0 aromatic rings. The van der Waals surface area contributed by atoms with E-state index in [1.165, 1.54) is 0 Å². The summed E-state index contributed by atoms with van der Waals surface area (Å²) < 4.78 is 0. The zero-order valence-electron chi connectivity index (χ0n) is 9.62. The average Bonchev–Trinajstić information content (AvgIpc) is 2.26. The fourth-order valence-corrected chi connectivity index (χ4v) is 1.80. The molecule has 0 aliphatic carbocycles. The molecule has 1 aliphatic heterocycles. The summed E-state index contributed by atoms with van der Waals surface area (Å²) in [7, 11) is 0. The third-order valence-corrected chi connectivity index (χ3v) is 3.00. The fourth-order valence-electron chi connectivity index (χ4n) is 1.80. The van der Waals surface area contributed by atoms with E-state index in [0.717, 1.165) is 25.9 Å². The van der Waals surface area contributed by atoms with Crippen LogP contribution >= 0.6 is 0 Å². The molecule has 1 rings (SSSR count). The van der Waals surface area contributed by atoms with Crippen molar-refractivity contribution in [2.45, 2.75) is 32.7 Å². The zero-order chi connectivity index (χ0) is 11.3. The van der Waals surface area contributed by atoms with Gasteiger partial charge in [-0.3, -0.25) is 4.79 Å². The molecule has 0 bridgehead atoms. The minimum Gasteiger partial charge on any atom is -0.394 e. The van der Waals surface area contributed by atoms with Crippen LogP contribution in [0, 0.1) is 11.8 Å². The number of carbonyl (C=O) groups is 1. The first-order valence-corrected chi connectivity index (χ1v) is 5.77. The Balaban J connectivity index is 2.38. The normalized spacial score (nSPS) is 23.9. The lowest BCUT2D eigenvalue weighted by Gasteiger charge is -2.26. The van der Waals surface area contributed by atoms with Gasteiger partial charge in [0.25, 0.3) is 0 Å². The van der Waals surface area contributed by atoms with Crippen LogP contribution in [0.5, 0.6) is 0 Å². The summed E-state index contributed by atoms with van der Waals surface area (Å²) in [6.45, 7) is 5.80. The largest absolute Gasteiger partial charge is 0.394 e. The van der Waals surface area contributed by atoms with Crippen molar-refractivity contribution < 1.29 is 9.90 Å². The Hall–Kier alpha value is -0.610. The highest BCUT2D eigenvalue weighted by atomic mass is 16.3. The van der Waals surface area contributed by atoms with E-state index in [9.17, 15) is 4.79 Å². The molecule has 0 aromatic carbocycles. The van der Waals surface area contributed by atoms with Crippen LogP contribution in [0.15, 0.2) is 0 Å². The van der Waals surface area contributed by atoms with Crippen LogP contribution in [0.4, 0.5) is 0 Å². The van der Waals surface area contributed by atoms with Gasteiger partial charge in [0.2, 0.25) is 5.91 Å². The number of aliphatic hydroxyl groups is 1. The van der Waals surface area contributed by atoms with Crippen LogP contribution in [0.2, 0.25) is 0 Å². The minimum atomic E-state index is -0.112. The van der Waals surface area contributed by atoms with Gasteiger partial charge in [-0.2, -0.15) is 0 Å². The number of hydrogen-bond donors (Lipinski definition) is 3. The second-order valence-corrected chi connectivity index (χ2v) is 4.58. The van der Waals surface area contributed by atoms with Crippen LogP contribution in [-0.4, -0.2) is 36.8 Å². The topological polar surface area (TPSA) is 61.4 Å². The summed E-state index contributed by atoms with van der Waals surface area (Å²) in [5, 5.41) is 15.2. The molecule has 1 fully saturated rings. The lowest BCUT2D eigenvalue weighted by Crippen LogP contribution is -2.47. The van der Waals surface area contributed by atoms with Gasteiger partial charge in [-0.05, 0) is 25.3 Å². The van der Waals surface area contributed by atoms with Crippen molar-refractivity contribution >= 4 is 5.91 Å². The SMILES string of the molecule is CC(C)[C@@H](CO)NC(=O)[C@@H]1CCCNC1. The molecule has 0 unspecified atom stereocenters. The Labute approximate surface area is 91.4 Å². The number of nitrogens with one attached hydrogen (secondary N) is 2. The first kappa shape index (κ1) is 12.5. The molecule has 1 heterocycles. The molecule has 1 aliphatic rings. The van der Waals surface area contributed by atoms with Crippen molar-refractivity contribution in [1.29, 1.82) is 0 Å². The van der Waals surface area contributed by atoms with Gasteiger partial charge in [0, 0.05) is 6.54 Å². The second-order valence-electron chi connectivity index (χ2n) is 4.58. The highest BCUT2D eigenvalue weighted by Crippen LogP contribution is 2.11. The molecule has 0 radical (unpaired) electrons. The lowest BCUT2D eigenvalue weighted by atomic mass is 9.97. The van der Waals surface area contributed by atoms with Crippen LogP contribution in [0.3, 0.4) is 0 Å². The maximum absolute atomic E-state index is 11.8. The Kier molecular flexibility index (Phi) is 5.05. The predicted molar refractivity (Wildman–Crippen MR) is 59.4 cm³/mol. The molecule has 4 heteroatoms. The van der Waals surface area contributed by atoms with Gasteiger partial charge < -0.3 is 15.7 Å². The van der Waals surface area contributed by atoms with Crippen molar-refractivity contribution in [3.8, 4) is 0 Å². The lowest BCUT2D eigenvalue weighted by molar-refractivity contribution is -0.126. The van der Waals surface area contributed by atoms with Crippen molar-refractivity contribution in [2.24, 2.45) is 11.8 Å². The van der Waals surface area contributed by atoms with Gasteiger partial charge in [-0.15, -0.1) is 0 Å².